The maximum atomic E-state index is 5.84. The summed E-state index contributed by atoms with van der Waals surface area (Å²) in [6.45, 7) is 2.05. The Hall–Kier alpha value is -0.600. The molecule has 11 heavy (non-hydrogen) atoms. The SMILES string of the molecule is Cc1ccc2snc(Cl)c2c1. The first kappa shape index (κ1) is 7.07. The maximum Gasteiger partial charge on any atom is 0.150 e. The fraction of sp³-hybridized carbons (Fsp3) is 0.125. The zero-order valence-corrected chi connectivity index (χ0v) is 7.54. The monoisotopic (exact) mass is 183 g/mol. The number of rotatable bonds is 0. The molecule has 0 amide bonds. The van der Waals surface area contributed by atoms with Gasteiger partial charge in [-0.3, -0.25) is 0 Å². The van der Waals surface area contributed by atoms with Crippen LogP contribution in [0.4, 0.5) is 0 Å². The molecule has 0 N–H and O–H groups in total. The minimum Gasteiger partial charge on any atom is -0.180 e. The summed E-state index contributed by atoms with van der Waals surface area (Å²) >= 11 is 7.28. The van der Waals surface area contributed by atoms with E-state index in [-0.39, 0.29) is 0 Å². The van der Waals surface area contributed by atoms with Gasteiger partial charge in [0, 0.05) is 5.39 Å². The van der Waals surface area contributed by atoms with Gasteiger partial charge in [0.25, 0.3) is 0 Å². The van der Waals surface area contributed by atoms with Crippen LogP contribution in [0, 0.1) is 6.92 Å². The lowest BCUT2D eigenvalue weighted by Gasteiger charge is -1.90. The van der Waals surface area contributed by atoms with E-state index in [2.05, 4.69) is 16.5 Å². The Balaban J connectivity index is 2.87. The molecule has 0 unspecified atom stereocenters. The van der Waals surface area contributed by atoms with E-state index in [9.17, 15) is 0 Å². The third-order valence-electron chi connectivity index (χ3n) is 1.58. The van der Waals surface area contributed by atoms with Crippen molar-refractivity contribution in [3.05, 3.63) is 28.9 Å². The topological polar surface area (TPSA) is 12.9 Å². The van der Waals surface area contributed by atoms with Crippen molar-refractivity contribution in [2.45, 2.75) is 6.92 Å². The number of aryl methyl sites for hydroxylation is 1. The number of hydrogen-bond donors (Lipinski definition) is 0. The Morgan fingerprint density at radius 2 is 2.27 bits per heavy atom. The van der Waals surface area contributed by atoms with Crippen molar-refractivity contribution in [2.24, 2.45) is 0 Å². The van der Waals surface area contributed by atoms with Crippen LogP contribution in [0.3, 0.4) is 0 Å². The van der Waals surface area contributed by atoms with Crippen molar-refractivity contribution in [3.8, 4) is 0 Å². The Labute approximate surface area is 73.8 Å². The number of halogens is 1. The van der Waals surface area contributed by atoms with Gasteiger partial charge in [0.05, 0.1) is 4.70 Å². The fourth-order valence-corrected chi connectivity index (χ4v) is 2.00. The lowest BCUT2D eigenvalue weighted by molar-refractivity contribution is 1.51. The van der Waals surface area contributed by atoms with Crippen molar-refractivity contribution >= 4 is 33.2 Å². The van der Waals surface area contributed by atoms with Gasteiger partial charge in [0.2, 0.25) is 0 Å². The molecule has 1 aromatic carbocycles. The standard InChI is InChI=1S/C8H6ClNS/c1-5-2-3-7-6(4-5)8(9)10-11-7/h2-4H,1H3. The predicted molar refractivity (Wildman–Crippen MR) is 49.4 cm³/mol. The van der Waals surface area contributed by atoms with Crippen molar-refractivity contribution < 1.29 is 0 Å². The average molecular weight is 184 g/mol. The first-order valence-electron chi connectivity index (χ1n) is 3.29. The summed E-state index contributed by atoms with van der Waals surface area (Å²) in [4.78, 5) is 0. The zero-order chi connectivity index (χ0) is 7.84. The van der Waals surface area contributed by atoms with Crippen LogP contribution in [-0.4, -0.2) is 4.37 Å². The van der Waals surface area contributed by atoms with Crippen LogP contribution in [-0.2, 0) is 0 Å². The van der Waals surface area contributed by atoms with Crippen molar-refractivity contribution in [1.82, 2.24) is 4.37 Å². The molecule has 0 atom stereocenters. The average Bonchev–Trinajstić information content (AvgIpc) is 2.33. The maximum absolute atomic E-state index is 5.84. The van der Waals surface area contributed by atoms with E-state index in [1.165, 1.54) is 17.1 Å². The molecule has 0 aliphatic heterocycles. The van der Waals surface area contributed by atoms with Crippen molar-refractivity contribution in [3.63, 3.8) is 0 Å². The summed E-state index contributed by atoms with van der Waals surface area (Å²) in [5.41, 5.74) is 1.22. The molecule has 1 aromatic heterocycles. The fourth-order valence-electron chi connectivity index (χ4n) is 1.02. The number of nitrogens with zero attached hydrogens (tertiary/aromatic N) is 1. The largest absolute Gasteiger partial charge is 0.180 e. The van der Waals surface area contributed by atoms with E-state index in [1.807, 2.05) is 13.0 Å². The van der Waals surface area contributed by atoms with Gasteiger partial charge in [-0.2, -0.15) is 4.37 Å². The molecule has 2 aromatic rings. The summed E-state index contributed by atoms with van der Waals surface area (Å²) in [6.07, 6.45) is 0. The Bertz CT molecular complexity index is 394. The molecule has 56 valence electrons. The van der Waals surface area contributed by atoms with E-state index in [4.69, 9.17) is 11.6 Å². The molecule has 1 heterocycles. The molecule has 0 radical (unpaired) electrons. The molecule has 0 fully saturated rings. The summed E-state index contributed by atoms with van der Waals surface area (Å²) < 4.78 is 5.20. The van der Waals surface area contributed by atoms with Gasteiger partial charge < -0.3 is 0 Å². The first-order valence-corrected chi connectivity index (χ1v) is 4.44. The zero-order valence-electron chi connectivity index (χ0n) is 5.97. The molecule has 0 bridgehead atoms. The quantitative estimate of drug-likeness (QED) is 0.611. The smallest absolute Gasteiger partial charge is 0.150 e. The predicted octanol–water partition coefficient (Wildman–Crippen LogP) is 3.26. The molecule has 2 rings (SSSR count). The Morgan fingerprint density at radius 1 is 1.45 bits per heavy atom. The molecule has 0 saturated carbocycles. The highest BCUT2D eigenvalue weighted by Crippen LogP contribution is 2.26. The van der Waals surface area contributed by atoms with Gasteiger partial charge in [-0.25, -0.2) is 0 Å². The second-order valence-electron chi connectivity index (χ2n) is 2.47. The van der Waals surface area contributed by atoms with E-state index in [0.29, 0.717) is 5.15 Å². The van der Waals surface area contributed by atoms with E-state index < -0.39 is 0 Å². The van der Waals surface area contributed by atoms with Gasteiger partial charge in [-0.1, -0.05) is 23.2 Å². The van der Waals surface area contributed by atoms with Gasteiger partial charge in [0.1, 0.15) is 0 Å². The minimum atomic E-state index is 0.619. The van der Waals surface area contributed by atoms with Crippen LogP contribution in [0.2, 0.25) is 5.15 Å². The van der Waals surface area contributed by atoms with E-state index in [1.54, 1.807) is 0 Å². The summed E-state index contributed by atoms with van der Waals surface area (Å²) in [7, 11) is 0. The van der Waals surface area contributed by atoms with Crippen molar-refractivity contribution in [2.75, 3.05) is 0 Å². The number of aromatic nitrogens is 1. The summed E-state index contributed by atoms with van der Waals surface area (Å²) in [5, 5.41) is 1.69. The first-order chi connectivity index (χ1) is 5.27. The van der Waals surface area contributed by atoms with Crippen LogP contribution < -0.4 is 0 Å². The summed E-state index contributed by atoms with van der Waals surface area (Å²) in [6, 6.07) is 6.17. The number of fused-ring (bicyclic) bond motifs is 1. The highest BCUT2D eigenvalue weighted by atomic mass is 35.5. The highest BCUT2D eigenvalue weighted by molar-refractivity contribution is 7.13. The molecular weight excluding hydrogens is 178 g/mol. The Morgan fingerprint density at radius 3 is 3.09 bits per heavy atom. The second-order valence-corrected chi connectivity index (χ2v) is 3.64. The molecule has 3 heteroatoms. The molecule has 1 nitrogen and oxygen atoms in total. The second kappa shape index (κ2) is 2.47. The van der Waals surface area contributed by atoms with E-state index >= 15 is 0 Å². The highest BCUT2D eigenvalue weighted by Gasteiger charge is 2.01. The van der Waals surface area contributed by atoms with Crippen molar-refractivity contribution in [1.29, 1.82) is 0 Å². The lowest BCUT2D eigenvalue weighted by Crippen LogP contribution is -1.69. The number of benzene rings is 1. The summed E-state index contributed by atoms with van der Waals surface area (Å²) in [5.74, 6) is 0. The lowest BCUT2D eigenvalue weighted by atomic mass is 10.2. The third-order valence-corrected chi connectivity index (χ3v) is 2.80. The molecule has 0 spiro atoms. The molecule has 0 aliphatic carbocycles. The minimum absolute atomic E-state index is 0.619. The van der Waals surface area contributed by atoms with Gasteiger partial charge in [-0.15, -0.1) is 0 Å². The van der Waals surface area contributed by atoms with Crippen LogP contribution in [0.1, 0.15) is 5.56 Å². The Kier molecular flexibility index (Phi) is 1.59. The molecule has 0 aliphatic rings. The normalized spacial score (nSPS) is 10.7. The van der Waals surface area contributed by atoms with Crippen LogP contribution in [0.15, 0.2) is 18.2 Å². The third kappa shape index (κ3) is 1.12. The van der Waals surface area contributed by atoms with Crippen LogP contribution in [0.25, 0.3) is 10.1 Å². The van der Waals surface area contributed by atoms with Crippen LogP contribution >= 0.6 is 23.1 Å². The number of hydrogen-bond acceptors (Lipinski definition) is 2. The molecular formula is C8H6ClNS. The molecule has 0 saturated heterocycles. The van der Waals surface area contributed by atoms with Crippen LogP contribution in [0.5, 0.6) is 0 Å². The van der Waals surface area contributed by atoms with E-state index in [0.717, 1.165) is 10.1 Å². The van der Waals surface area contributed by atoms with Gasteiger partial charge in [0.15, 0.2) is 5.15 Å². The van der Waals surface area contributed by atoms with Gasteiger partial charge in [-0.05, 0) is 30.6 Å². The van der Waals surface area contributed by atoms with Gasteiger partial charge >= 0.3 is 0 Å².